The Morgan fingerprint density at radius 2 is 0.634 bits per heavy atom. The van der Waals surface area contributed by atoms with Crippen molar-refractivity contribution >= 4 is 109 Å². The van der Waals surface area contributed by atoms with Crippen molar-refractivity contribution in [3.05, 3.63) is 217 Å². The van der Waals surface area contributed by atoms with Crippen LogP contribution in [0.1, 0.15) is 16.7 Å². The van der Waals surface area contributed by atoms with Gasteiger partial charge in [0.25, 0.3) is 0 Å². The average Bonchev–Trinajstić information content (AvgIpc) is 4.23. The standard InChI is InChI=1S/C63H33N7O/c64-34-37-29-30-44-46-31-32-47-45-21-7-14-28-57(45)71-63(47)62(46)70(56(44)33-37)61-49(36-66)59(68-52-24-10-3-17-40(52)41-18-4-11-25-53(41)68)58(67-50-22-8-1-15-38(50)39-16-2-9-23-51(39)67)48(35-65)60(61)69-54-26-12-5-19-42(54)43-20-6-13-27-55(43)69/h1-33H. The summed E-state index contributed by atoms with van der Waals surface area (Å²) in [4.78, 5) is 0. The maximum Gasteiger partial charge on any atom is 0.160 e. The zero-order valence-corrected chi connectivity index (χ0v) is 37.6. The molecule has 0 bridgehead atoms. The van der Waals surface area contributed by atoms with Gasteiger partial charge in [0.05, 0.1) is 78.5 Å². The van der Waals surface area contributed by atoms with E-state index in [1.165, 1.54) is 0 Å². The van der Waals surface area contributed by atoms with Crippen LogP contribution in [-0.4, -0.2) is 18.3 Å². The molecule has 0 aliphatic heterocycles. The Kier molecular flexibility index (Phi) is 7.83. The molecule has 0 amide bonds. The highest BCUT2D eigenvalue weighted by Crippen LogP contribution is 2.50. The first-order valence-corrected chi connectivity index (χ1v) is 23.5. The van der Waals surface area contributed by atoms with Gasteiger partial charge in [0, 0.05) is 53.9 Å². The lowest BCUT2D eigenvalue weighted by atomic mass is 9.98. The molecule has 0 fully saturated rings. The lowest BCUT2D eigenvalue weighted by Crippen LogP contribution is -2.16. The number of rotatable bonds is 4. The molecule has 5 heterocycles. The zero-order valence-electron chi connectivity index (χ0n) is 37.6. The Morgan fingerprint density at radius 1 is 0.296 bits per heavy atom. The number of benzene rings is 10. The number of para-hydroxylation sites is 7. The summed E-state index contributed by atoms with van der Waals surface area (Å²) in [7, 11) is 0. The van der Waals surface area contributed by atoms with Crippen LogP contribution in [0.4, 0.5) is 0 Å². The van der Waals surface area contributed by atoms with Gasteiger partial charge in [-0.2, -0.15) is 15.8 Å². The van der Waals surface area contributed by atoms with Gasteiger partial charge in [0.1, 0.15) is 28.8 Å². The number of nitriles is 3. The van der Waals surface area contributed by atoms with E-state index in [0.717, 1.165) is 92.5 Å². The molecule has 15 rings (SSSR count). The molecule has 5 aromatic heterocycles. The molecule has 71 heavy (non-hydrogen) atoms. The van der Waals surface area contributed by atoms with E-state index in [0.29, 0.717) is 56.1 Å². The van der Waals surface area contributed by atoms with Crippen LogP contribution in [0.25, 0.3) is 132 Å². The monoisotopic (exact) mass is 903 g/mol. The van der Waals surface area contributed by atoms with Gasteiger partial charge in [0.15, 0.2) is 5.58 Å². The number of hydrogen-bond donors (Lipinski definition) is 0. The molecule has 0 spiro atoms. The van der Waals surface area contributed by atoms with Crippen LogP contribution in [0.2, 0.25) is 0 Å². The van der Waals surface area contributed by atoms with Crippen molar-refractivity contribution in [2.45, 2.75) is 0 Å². The second-order valence-electron chi connectivity index (χ2n) is 18.1. The van der Waals surface area contributed by atoms with E-state index in [-0.39, 0.29) is 0 Å². The molecule has 0 saturated carbocycles. The first-order chi connectivity index (χ1) is 35.2. The van der Waals surface area contributed by atoms with Crippen molar-refractivity contribution in [2.24, 2.45) is 0 Å². The third-order valence-corrected chi connectivity index (χ3v) is 14.7. The second kappa shape index (κ2) is 14.3. The van der Waals surface area contributed by atoms with Crippen LogP contribution in [0.5, 0.6) is 0 Å². The first kappa shape index (κ1) is 38.7. The molecule has 15 aromatic rings. The van der Waals surface area contributed by atoms with Gasteiger partial charge in [-0.05, 0) is 60.7 Å². The summed E-state index contributed by atoms with van der Waals surface area (Å²) < 4.78 is 15.6. The van der Waals surface area contributed by atoms with Crippen molar-refractivity contribution in [3.63, 3.8) is 0 Å². The minimum atomic E-state index is 0.318. The molecule has 326 valence electrons. The molecule has 8 nitrogen and oxygen atoms in total. The van der Waals surface area contributed by atoms with Crippen molar-refractivity contribution in [1.29, 1.82) is 15.8 Å². The minimum absolute atomic E-state index is 0.318. The summed E-state index contributed by atoms with van der Waals surface area (Å²) in [5.74, 6) is 0. The fraction of sp³-hybridized carbons (Fsp3) is 0. The minimum Gasteiger partial charge on any atom is -0.454 e. The maximum absolute atomic E-state index is 12.6. The summed E-state index contributed by atoms with van der Waals surface area (Å²) in [6, 6.07) is 75.8. The summed E-state index contributed by atoms with van der Waals surface area (Å²) >= 11 is 0. The van der Waals surface area contributed by atoms with E-state index in [1.54, 1.807) is 0 Å². The highest BCUT2D eigenvalue weighted by atomic mass is 16.3. The second-order valence-corrected chi connectivity index (χ2v) is 18.1. The maximum atomic E-state index is 12.6. The van der Waals surface area contributed by atoms with E-state index >= 15 is 0 Å². The topological polar surface area (TPSA) is 104 Å². The number of nitrogens with zero attached hydrogens (tertiary/aromatic N) is 7. The largest absolute Gasteiger partial charge is 0.454 e. The highest BCUT2D eigenvalue weighted by Gasteiger charge is 2.35. The van der Waals surface area contributed by atoms with Crippen molar-refractivity contribution < 1.29 is 4.42 Å². The Bertz CT molecular complexity index is 4830. The lowest BCUT2D eigenvalue weighted by molar-refractivity contribution is 0.671. The van der Waals surface area contributed by atoms with Crippen LogP contribution in [0.3, 0.4) is 0 Å². The van der Waals surface area contributed by atoms with Gasteiger partial charge < -0.3 is 22.7 Å². The van der Waals surface area contributed by atoms with Crippen LogP contribution in [0.15, 0.2) is 205 Å². The van der Waals surface area contributed by atoms with Gasteiger partial charge >= 0.3 is 0 Å². The molecule has 0 aliphatic carbocycles. The fourth-order valence-corrected chi connectivity index (χ4v) is 11.9. The highest BCUT2D eigenvalue weighted by molar-refractivity contribution is 6.23. The van der Waals surface area contributed by atoms with Gasteiger partial charge in [-0.15, -0.1) is 0 Å². The first-order valence-electron chi connectivity index (χ1n) is 23.5. The van der Waals surface area contributed by atoms with Crippen LogP contribution < -0.4 is 0 Å². The molecule has 0 N–H and O–H groups in total. The predicted octanol–water partition coefficient (Wildman–Crippen LogP) is 15.6. The SMILES string of the molecule is N#Cc1ccc2c3ccc4c5ccccc5oc4c3n(-c3c(C#N)c(-n4c5ccccc5c5ccccc54)c(-n4c5ccccc5c5ccccc54)c(C#N)c3-n3c4ccccc4c4ccccc43)c2c1. The predicted molar refractivity (Wildman–Crippen MR) is 285 cm³/mol. The van der Waals surface area contributed by atoms with E-state index in [4.69, 9.17) is 4.42 Å². The molecule has 0 radical (unpaired) electrons. The Morgan fingerprint density at radius 3 is 1.04 bits per heavy atom. The fourth-order valence-electron chi connectivity index (χ4n) is 11.9. The molecular formula is C63H33N7O. The van der Waals surface area contributed by atoms with E-state index in [2.05, 4.69) is 127 Å². The van der Waals surface area contributed by atoms with Gasteiger partial charge in [0.2, 0.25) is 0 Å². The average molecular weight is 904 g/mol. The number of fused-ring (bicyclic) bond motifs is 16. The van der Waals surface area contributed by atoms with Crippen molar-refractivity contribution in [1.82, 2.24) is 18.3 Å². The Hall–Kier alpha value is -10.3. The number of furan rings is 1. The van der Waals surface area contributed by atoms with Crippen LogP contribution >= 0.6 is 0 Å². The van der Waals surface area contributed by atoms with E-state index in [1.807, 2.05) is 109 Å². The molecular weight excluding hydrogens is 871 g/mol. The smallest absolute Gasteiger partial charge is 0.160 e. The summed E-state index contributed by atoms with van der Waals surface area (Å²) in [6.07, 6.45) is 0. The molecule has 8 heteroatoms. The summed E-state index contributed by atoms with van der Waals surface area (Å²) in [5.41, 5.74) is 11.2. The van der Waals surface area contributed by atoms with E-state index < -0.39 is 0 Å². The van der Waals surface area contributed by atoms with Crippen molar-refractivity contribution in [3.8, 4) is 41.0 Å². The molecule has 0 saturated heterocycles. The quantitative estimate of drug-likeness (QED) is 0.175. The molecule has 0 aliphatic rings. The third kappa shape index (κ3) is 5.03. The number of hydrogen-bond acceptors (Lipinski definition) is 4. The zero-order chi connectivity index (χ0) is 47.1. The van der Waals surface area contributed by atoms with Gasteiger partial charge in [-0.3, -0.25) is 0 Å². The lowest BCUT2D eigenvalue weighted by Gasteiger charge is -2.27. The molecule has 0 unspecified atom stereocenters. The normalized spacial score (nSPS) is 11.9. The van der Waals surface area contributed by atoms with E-state index in [9.17, 15) is 15.8 Å². The Labute approximate surface area is 403 Å². The molecule has 10 aromatic carbocycles. The van der Waals surface area contributed by atoms with Crippen LogP contribution in [-0.2, 0) is 0 Å². The van der Waals surface area contributed by atoms with Crippen LogP contribution in [0, 0.1) is 34.0 Å². The number of aromatic nitrogens is 4. The summed E-state index contributed by atoms with van der Waals surface area (Å²) in [6.45, 7) is 0. The van der Waals surface area contributed by atoms with Crippen molar-refractivity contribution in [2.75, 3.05) is 0 Å². The van der Waals surface area contributed by atoms with Gasteiger partial charge in [-0.25, -0.2) is 0 Å². The third-order valence-electron chi connectivity index (χ3n) is 14.7. The molecule has 0 atom stereocenters. The summed E-state index contributed by atoms with van der Waals surface area (Å²) in [5, 5.41) is 45.4. The van der Waals surface area contributed by atoms with Gasteiger partial charge in [-0.1, -0.05) is 140 Å². The Balaban J connectivity index is 1.30.